The van der Waals surface area contributed by atoms with Crippen molar-refractivity contribution in [1.82, 2.24) is 10.2 Å². The standard InChI is InChI=1S/C13H13F3N2O2/c14-13(15,16)20-12(19)18-6-10-9-4-2-1-3-8(9)5-17-11(10)7-18/h1-4,10-11,17H,5-7H2. The first-order valence-corrected chi connectivity index (χ1v) is 6.30. The largest absolute Gasteiger partial charge is 0.576 e. The highest BCUT2D eigenvalue weighted by Crippen LogP contribution is 2.34. The number of carbonyl (C=O) groups is 1. The van der Waals surface area contributed by atoms with Crippen molar-refractivity contribution in [2.75, 3.05) is 13.1 Å². The molecule has 3 rings (SSSR count). The molecule has 0 spiro atoms. The molecule has 108 valence electrons. The third-order valence-electron chi connectivity index (χ3n) is 3.79. The monoisotopic (exact) mass is 286 g/mol. The Morgan fingerprint density at radius 1 is 1.30 bits per heavy atom. The number of halogens is 3. The lowest BCUT2D eigenvalue weighted by atomic mass is 9.87. The summed E-state index contributed by atoms with van der Waals surface area (Å²) in [5, 5.41) is 3.25. The molecule has 1 aromatic rings. The average molecular weight is 286 g/mol. The van der Waals surface area contributed by atoms with Gasteiger partial charge in [0.25, 0.3) is 0 Å². The summed E-state index contributed by atoms with van der Waals surface area (Å²) < 4.78 is 39.7. The fraction of sp³-hybridized carbons (Fsp3) is 0.462. The first-order chi connectivity index (χ1) is 9.44. The molecule has 0 radical (unpaired) electrons. The number of nitrogens with zero attached hydrogens (tertiary/aromatic N) is 1. The minimum atomic E-state index is -4.93. The smallest absolute Gasteiger partial charge is 0.356 e. The molecule has 1 saturated heterocycles. The first-order valence-electron chi connectivity index (χ1n) is 6.30. The van der Waals surface area contributed by atoms with Crippen LogP contribution in [0.1, 0.15) is 17.0 Å². The maximum atomic E-state index is 12.1. The van der Waals surface area contributed by atoms with Gasteiger partial charge in [0.05, 0.1) is 0 Å². The summed E-state index contributed by atoms with van der Waals surface area (Å²) in [7, 11) is 0. The van der Waals surface area contributed by atoms with Gasteiger partial charge >= 0.3 is 12.5 Å². The Bertz CT molecular complexity index is 533. The van der Waals surface area contributed by atoms with E-state index >= 15 is 0 Å². The Morgan fingerprint density at radius 3 is 2.80 bits per heavy atom. The molecule has 2 aliphatic heterocycles. The van der Waals surface area contributed by atoms with Crippen LogP contribution in [0.5, 0.6) is 0 Å². The van der Waals surface area contributed by atoms with Gasteiger partial charge in [-0.1, -0.05) is 24.3 Å². The molecule has 20 heavy (non-hydrogen) atoms. The number of benzene rings is 1. The van der Waals surface area contributed by atoms with Gasteiger partial charge in [-0.2, -0.15) is 0 Å². The van der Waals surface area contributed by atoms with Crippen LogP contribution in [0.2, 0.25) is 0 Å². The van der Waals surface area contributed by atoms with Gasteiger partial charge < -0.3 is 15.0 Å². The van der Waals surface area contributed by atoms with Crippen molar-refractivity contribution in [2.24, 2.45) is 0 Å². The number of amides is 1. The van der Waals surface area contributed by atoms with Gasteiger partial charge in [0.1, 0.15) is 0 Å². The van der Waals surface area contributed by atoms with Crippen molar-refractivity contribution in [2.45, 2.75) is 24.9 Å². The molecule has 7 heteroatoms. The van der Waals surface area contributed by atoms with Crippen LogP contribution >= 0.6 is 0 Å². The zero-order chi connectivity index (χ0) is 14.3. The zero-order valence-corrected chi connectivity index (χ0v) is 10.5. The van der Waals surface area contributed by atoms with Gasteiger partial charge in [0, 0.05) is 31.6 Å². The van der Waals surface area contributed by atoms with Crippen LogP contribution in [-0.4, -0.2) is 36.5 Å². The number of alkyl halides is 3. The summed E-state index contributed by atoms with van der Waals surface area (Å²) in [6.45, 7) is 1.14. The average Bonchev–Trinajstić information content (AvgIpc) is 2.81. The summed E-state index contributed by atoms with van der Waals surface area (Å²) >= 11 is 0. The Balaban J connectivity index is 1.75. The van der Waals surface area contributed by atoms with Crippen LogP contribution in [0.15, 0.2) is 24.3 Å². The van der Waals surface area contributed by atoms with Crippen LogP contribution in [-0.2, 0) is 11.3 Å². The molecular weight excluding hydrogens is 273 g/mol. The number of rotatable bonds is 0. The Labute approximate surface area is 113 Å². The molecule has 0 aliphatic carbocycles. The quantitative estimate of drug-likeness (QED) is 0.795. The third kappa shape index (κ3) is 2.45. The Hall–Kier alpha value is -1.76. The van der Waals surface area contributed by atoms with Gasteiger partial charge in [0.2, 0.25) is 0 Å². The van der Waals surface area contributed by atoms with Crippen molar-refractivity contribution in [3.05, 3.63) is 35.4 Å². The molecule has 2 aliphatic rings. The lowest BCUT2D eigenvalue weighted by Gasteiger charge is -2.28. The Morgan fingerprint density at radius 2 is 2.05 bits per heavy atom. The number of hydrogen-bond acceptors (Lipinski definition) is 3. The summed E-state index contributed by atoms with van der Waals surface area (Å²) in [5.74, 6) is 0.0146. The fourth-order valence-corrected chi connectivity index (χ4v) is 2.94. The summed E-state index contributed by atoms with van der Waals surface area (Å²) in [6.07, 6.45) is -6.26. The van der Waals surface area contributed by atoms with E-state index in [0.29, 0.717) is 6.54 Å². The van der Waals surface area contributed by atoms with E-state index in [1.165, 1.54) is 0 Å². The Kier molecular flexibility index (Phi) is 3.08. The minimum Gasteiger partial charge on any atom is -0.356 e. The molecule has 1 N–H and O–H groups in total. The highest BCUT2D eigenvalue weighted by Gasteiger charge is 2.43. The lowest BCUT2D eigenvalue weighted by molar-refractivity contribution is -0.294. The molecule has 1 aromatic carbocycles. The predicted octanol–water partition coefficient (Wildman–Crippen LogP) is 2.21. The van der Waals surface area contributed by atoms with Crippen molar-refractivity contribution in [1.29, 1.82) is 0 Å². The molecule has 0 saturated carbocycles. The van der Waals surface area contributed by atoms with E-state index in [-0.39, 0.29) is 25.0 Å². The van der Waals surface area contributed by atoms with E-state index in [1.807, 2.05) is 24.3 Å². The van der Waals surface area contributed by atoms with E-state index < -0.39 is 12.5 Å². The normalized spacial score (nSPS) is 25.1. The topological polar surface area (TPSA) is 41.6 Å². The second kappa shape index (κ2) is 4.66. The summed E-state index contributed by atoms with van der Waals surface area (Å²) in [4.78, 5) is 12.6. The SMILES string of the molecule is O=C(OC(F)(F)F)N1CC2NCc3ccccc3C2C1. The molecule has 1 fully saturated rings. The van der Waals surface area contributed by atoms with Crippen LogP contribution in [0.4, 0.5) is 18.0 Å². The van der Waals surface area contributed by atoms with Gasteiger partial charge in [-0.25, -0.2) is 4.79 Å². The number of ether oxygens (including phenoxy) is 1. The fourth-order valence-electron chi connectivity index (χ4n) is 2.94. The second-order valence-electron chi connectivity index (χ2n) is 5.01. The first kappa shape index (κ1) is 13.2. The number of hydrogen-bond donors (Lipinski definition) is 1. The van der Waals surface area contributed by atoms with E-state index in [0.717, 1.165) is 16.0 Å². The highest BCUT2D eigenvalue weighted by atomic mass is 19.4. The highest BCUT2D eigenvalue weighted by molar-refractivity contribution is 5.68. The van der Waals surface area contributed by atoms with Crippen molar-refractivity contribution >= 4 is 6.09 Å². The van der Waals surface area contributed by atoms with E-state index in [4.69, 9.17) is 0 Å². The van der Waals surface area contributed by atoms with E-state index in [9.17, 15) is 18.0 Å². The summed E-state index contributed by atoms with van der Waals surface area (Å²) in [5.41, 5.74) is 2.22. The van der Waals surface area contributed by atoms with Gasteiger partial charge in [-0.05, 0) is 11.1 Å². The van der Waals surface area contributed by atoms with E-state index in [1.54, 1.807) is 0 Å². The molecular formula is C13H13F3N2O2. The molecule has 0 bridgehead atoms. The number of nitrogens with one attached hydrogen (secondary N) is 1. The molecule has 2 unspecified atom stereocenters. The lowest BCUT2D eigenvalue weighted by Crippen LogP contribution is -2.40. The molecule has 2 heterocycles. The van der Waals surface area contributed by atoms with Gasteiger partial charge in [-0.3, -0.25) is 0 Å². The third-order valence-corrected chi connectivity index (χ3v) is 3.79. The van der Waals surface area contributed by atoms with Crippen LogP contribution in [0.25, 0.3) is 0 Å². The van der Waals surface area contributed by atoms with Crippen molar-refractivity contribution in [3.63, 3.8) is 0 Å². The van der Waals surface area contributed by atoms with Crippen molar-refractivity contribution < 1.29 is 22.7 Å². The second-order valence-corrected chi connectivity index (χ2v) is 5.01. The maximum Gasteiger partial charge on any atom is 0.576 e. The minimum absolute atomic E-state index is 0.0146. The number of likely N-dealkylation sites (tertiary alicyclic amines) is 1. The van der Waals surface area contributed by atoms with Crippen LogP contribution < -0.4 is 5.32 Å². The molecule has 0 aromatic heterocycles. The summed E-state index contributed by atoms with van der Waals surface area (Å²) in [6, 6.07) is 7.75. The van der Waals surface area contributed by atoms with Crippen LogP contribution in [0, 0.1) is 0 Å². The predicted molar refractivity (Wildman–Crippen MR) is 63.9 cm³/mol. The van der Waals surface area contributed by atoms with Gasteiger partial charge in [0.15, 0.2) is 0 Å². The van der Waals surface area contributed by atoms with Gasteiger partial charge in [-0.15, -0.1) is 13.2 Å². The maximum absolute atomic E-state index is 12.1. The van der Waals surface area contributed by atoms with Crippen molar-refractivity contribution in [3.8, 4) is 0 Å². The molecule has 4 nitrogen and oxygen atoms in total. The van der Waals surface area contributed by atoms with E-state index in [2.05, 4.69) is 10.1 Å². The molecule has 2 atom stereocenters. The van der Waals surface area contributed by atoms with Crippen LogP contribution in [0.3, 0.4) is 0 Å². The molecule has 1 amide bonds. The number of fused-ring (bicyclic) bond motifs is 3. The zero-order valence-electron chi connectivity index (χ0n) is 10.5. The number of carbonyl (C=O) groups excluding carboxylic acids is 1.